The Morgan fingerprint density at radius 2 is 0.782 bits per heavy atom. The number of nitrogens with one attached hydrogen (secondary N) is 1. The van der Waals surface area contributed by atoms with Crippen LogP contribution < -0.4 is 5.32 Å². The standard InChI is InChI=1S/C76H143NO10/c1-3-5-7-9-11-13-15-16-41-44-48-52-56-60-64-72(81)85-65-61-57-53-49-45-42-39-37-35-33-31-29-27-25-23-21-19-17-18-20-22-24-26-28-30-32-34-36-38-40-43-47-51-55-59-63-71(80)77-68(67-86-76-75(84)74(83)73(82)70(66-78)87-76)69(79)62-58-54-50-46-14-12-10-8-6-4-2/h9,11,15-16,58,62,68-70,73-76,78-79,82-84H,3-8,10,12-14,17-57,59-61,63-67H2,1-2H3,(H,77,80)/b11-9-,16-15-,62-58+. The van der Waals surface area contributed by atoms with E-state index in [1.54, 1.807) is 6.08 Å². The lowest BCUT2D eigenvalue weighted by Crippen LogP contribution is -2.60. The van der Waals surface area contributed by atoms with E-state index >= 15 is 0 Å². The number of rotatable bonds is 67. The first kappa shape index (κ1) is 82.9. The van der Waals surface area contributed by atoms with Crippen molar-refractivity contribution in [3.63, 3.8) is 0 Å². The molecule has 1 amide bonds. The number of aliphatic hydroxyl groups excluding tert-OH is 5. The van der Waals surface area contributed by atoms with Gasteiger partial charge in [0.25, 0.3) is 0 Å². The summed E-state index contributed by atoms with van der Waals surface area (Å²) in [5.41, 5.74) is 0. The molecule has 0 aromatic rings. The molecule has 0 spiro atoms. The molecule has 1 heterocycles. The minimum atomic E-state index is -1.57. The third kappa shape index (κ3) is 54.2. The molecule has 11 heteroatoms. The summed E-state index contributed by atoms with van der Waals surface area (Å²) in [6.45, 7) is 4.32. The summed E-state index contributed by atoms with van der Waals surface area (Å²) < 4.78 is 16.7. The van der Waals surface area contributed by atoms with Crippen molar-refractivity contribution < 1.29 is 49.3 Å². The maximum Gasteiger partial charge on any atom is 0.305 e. The van der Waals surface area contributed by atoms with Gasteiger partial charge in [-0.1, -0.05) is 339 Å². The first-order valence-corrected chi connectivity index (χ1v) is 37.8. The zero-order chi connectivity index (χ0) is 63.0. The molecule has 11 nitrogen and oxygen atoms in total. The summed E-state index contributed by atoms with van der Waals surface area (Å²) in [6.07, 6.45) is 74.6. The summed E-state index contributed by atoms with van der Waals surface area (Å²) in [6, 6.07) is -0.805. The molecule has 0 saturated carbocycles. The lowest BCUT2D eigenvalue weighted by Gasteiger charge is -2.40. The first-order chi connectivity index (χ1) is 42.7. The zero-order valence-electron chi connectivity index (χ0n) is 57.0. The van der Waals surface area contributed by atoms with E-state index in [-0.39, 0.29) is 18.5 Å². The van der Waals surface area contributed by atoms with Gasteiger partial charge in [0.05, 0.1) is 32.0 Å². The van der Waals surface area contributed by atoms with E-state index in [0.717, 1.165) is 64.2 Å². The van der Waals surface area contributed by atoms with Crippen LogP contribution >= 0.6 is 0 Å². The van der Waals surface area contributed by atoms with Crippen LogP contribution in [0.5, 0.6) is 0 Å². The van der Waals surface area contributed by atoms with Crippen molar-refractivity contribution in [3.8, 4) is 0 Å². The number of esters is 1. The van der Waals surface area contributed by atoms with Crippen LogP contribution in [0, 0.1) is 0 Å². The molecule has 0 aromatic carbocycles. The highest BCUT2D eigenvalue weighted by atomic mass is 16.7. The molecule has 0 aliphatic carbocycles. The van der Waals surface area contributed by atoms with Crippen molar-refractivity contribution in [1.82, 2.24) is 5.32 Å². The Bertz CT molecular complexity index is 1540. The maximum absolute atomic E-state index is 13.0. The summed E-state index contributed by atoms with van der Waals surface area (Å²) in [7, 11) is 0. The third-order valence-corrected chi connectivity index (χ3v) is 18.0. The monoisotopic (exact) mass is 1230 g/mol. The second kappa shape index (κ2) is 65.4. The molecule has 6 N–H and O–H groups in total. The molecule has 7 atom stereocenters. The summed E-state index contributed by atoms with van der Waals surface area (Å²) in [5.74, 6) is -0.175. The number of unbranched alkanes of at least 4 members (excludes halogenated alkanes) is 49. The van der Waals surface area contributed by atoms with E-state index in [1.807, 2.05) is 6.08 Å². The molecular weight excluding hydrogens is 1090 g/mol. The number of hydrogen-bond acceptors (Lipinski definition) is 10. The maximum atomic E-state index is 13.0. The van der Waals surface area contributed by atoms with Crippen LogP contribution in [0.2, 0.25) is 0 Å². The van der Waals surface area contributed by atoms with Gasteiger partial charge in [0.2, 0.25) is 5.91 Å². The van der Waals surface area contributed by atoms with Crippen molar-refractivity contribution in [1.29, 1.82) is 0 Å². The Kier molecular flexibility index (Phi) is 62.3. The van der Waals surface area contributed by atoms with Crippen molar-refractivity contribution in [3.05, 3.63) is 36.5 Å². The minimum absolute atomic E-state index is 0.00152. The molecule has 1 aliphatic heterocycles. The smallest absolute Gasteiger partial charge is 0.305 e. The predicted octanol–water partition coefficient (Wildman–Crippen LogP) is 19.7. The highest BCUT2D eigenvalue weighted by Gasteiger charge is 2.44. The molecule has 7 unspecified atom stereocenters. The fourth-order valence-electron chi connectivity index (χ4n) is 12.0. The predicted molar refractivity (Wildman–Crippen MR) is 366 cm³/mol. The lowest BCUT2D eigenvalue weighted by atomic mass is 9.99. The van der Waals surface area contributed by atoms with E-state index < -0.39 is 49.5 Å². The van der Waals surface area contributed by atoms with Gasteiger partial charge in [-0.2, -0.15) is 0 Å². The van der Waals surface area contributed by atoms with Gasteiger partial charge in [0, 0.05) is 12.8 Å². The second-order valence-electron chi connectivity index (χ2n) is 26.4. The van der Waals surface area contributed by atoms with Crippen LogP contribution in [0.1, 0.15) is 373 Å². The van der Waals surface area contributed by atoms with Crippen LogP contribution in [0.4, 0.5) is 0 Å². The zero-order valence-corrected chi connectivity index (χ0v) is 57.0. The summed E-state index contributed by atoms with van der Waals surface area (Å²) in [5, 5.41) is 54.4. The number of ether oxygens (including phenoxy) is 3. The number of aliphatic hydroxyl groups is 5. The van der Waals surface area contributed by atoms with Crippen LogP contribution in [0.25, 0.3) is 0 Å². The van der Waals surface area contributed by atoms with Gasteiger partial charge in [-0.15, -0.1) is 0 Å². The van der Waals surface area contributed by atoms with Crippen LogP contribution in [0.15, 0.2) is 36.5 Å². The average molecular weight is 1230 g/mol. The Balaban J connectivity index is 1.87. The number of hydrogen-bond donors (Lipinski definition) is 6. The first-order valence-electron chi connectivity index (χ1n) is 37.8. The van der Waals surface area contributed by atoms with Gasteiger partial charge in [-0.3, -0.25) is 9.59 Å². The fourth-order valence-corrected chi connectivity index (χ4v) is 12.0. The Labute approximate surface area is 536 Å². The molecule has 1 saturated heterocycles. The van der Waals surface area contributed by atoms with Crippen LogP contribution in [-0.2, 0) is 23.8 Å². The fraction of sp³-hybridized carbons (Fsp3) is 0.895. The molecule has 0 bridgehead atoms. The molecule has 0 radical (unpaired) electrons. The Morgan fingerprint density at radius 3 is 1.20 bits per heavy atom. The molecule has 1 aliphatic rings. The van der Waals surface area contributed by atoms with Gasteiger partial charge in [0.1, 0.15) is 24.4 Å². The topological polar surface area (TPSA) is 175 Å². The van der Waals surface area contributed by atoms with Crippen molar-refractivity contribution in [2.75, 3.05) is 19.8 Å². The third-order valence-electron chi connectivity index (χ3n) is 18.0. The molecule has 1 rings (SSSR count). The van der Waals surface area contributed by atoms with Gasteiger partial charge < -0.3 is 45.1 Å². The minimum Gasteiger partial charge on any atom is -0.466 e. The molecule has 1 fully saturated rings. The highest BCUT2D eigenvalue weighted by molar-refractivity contribution is 5.76. The highest BCUT2D eigenvalue weighted by Crippen LogP contribution is 2.24. The van der Waals surface area contributed by atoms with Crippen molar-refractivity contribution >= 4 is 11.9 Å². The van der Waals surface area contributed by atoms with Gasteiger partial charge in [-0.25, -0.2) is 0 Å². The van der Waals surface area contributed by atoms with E-state index in [4.69, 9.17) is 14.2 Å². The SMILES string of the molecule is CCCC/C=C\C/C=C\CCCCCCCC(=O)OCCCCCCCCCCCCCCCCCCCCCCCCCCCCCCCCCCCCCC(=O)NC(COC1OC(CO)C(O)C(O)C1O)C(O)/C=C/CCCCCCCCCC. The largest absolute Gasteiger partial charge is 0.466 e. The number of amides is 1. The quantitative estimate of drug-likeness (QED) is 0.0195. The molecule has 512 valence electrons. The van der Waals surface area contributed by atoms with Crippen molar-refractivity contribution in [2.45, 2.75) is 416 Å². The van der Waals surface area contributed by atoms with E-state index in [0.29, 0.717) is 19.4 Å². The van der Waals surface area contributed by atoms with Gasteiger partial charge in [0.15, 0.2) is 6.29 Å². The Hall–Kier alpha value is -2.12. The van der Waals surface area contributed by atoms with E-state index in [9.17, 15) is 35.1 Å². The summed E-state index contributed by atoms with van der Waals surface area (Å²) in [4.78, 5) is 25.1. The Morgan fingerprint density at radius 1 is 0.425 bits per heavy atom. The second-order valence-corrected chi connectivity index (χ2v) is 26.4. The number of carbonyl (C=O) groups excluding carboxylic acids is 2. The van der Waals surface area contributed by atoms with Crippen LogP contribution in [0.3, 0.4) is 0 Å². The number of allylic oxidation sites excluding steroid dienone is 5. The van der Waals surface area contributed by atoms with Crippen LogP contribution in [-0.4, -0.2) is 100 Å². The van der Waals surface area contributed by atoms with Gasteiger partial charge in [-0.05, 0) is 57.8 Å². The lowest BCUT2D eigenvalue weighted by molar-refractivity contribution is -0.302. The number of carbonyl (C=O) groups is 2. The van der Waals surface area contributed by atoms with Gasteiger partial charge >= 0.3 is 5.97 Å². The van der Waals surface area contributed by atoms with Crippen molar-refractivity contribution in [2.24, 2.45) is 0 Å². The van der Waals surface area contributed by atoms with E-state index in [2.05, 4.69) is 43.5 Å². The van der Waals surface area contributed by atoms with E-state index in [1.165, 1.54) is 283 Å². The summed E-state index contributed by atoms with van der Waals surface area (Å²) >= 11 is 0. The molecule has 87 heavy (non-hydrogen) atoms. The molecular formula is C76H143NO10. The normalized spacial score (nSPS) is 18.0. The molecule has 0 aromatic heterocycles. The average Bonchev–Trinajstić information content (AvgIpc) is 3.18.